The standard InChI is InChI=1S/C44H56N8O4/c1-43(2,3)39(42(56)51-17-14-34(53)27-51)47-41(55)32-21-44(22-32)19-31(20-44)30-10-8-28(9-11-30)24-50-15-12-29(13-16-50)25-52-26-33(23-46-52)36-18-37(48-49-40(36)45)35-6-4-5-7-38(35)54/h4-11,18,23,26,29,31-32,34,39,53-54H,12-17,19-22,24-25,27H2,1-3H3,(H2,45,49)(H,47,55)/t31?,32?,34-,39-,44?/m1/s1. The zero-order chi connectivity index (χ0) is 39.2. The number of phenolic OH excluding ortho intramolecular Hbond substituents is 1. The first kappa shape index (κ1) is 38.1. The largest absolute Gasteiger partial charge is 0.507 e. The molecule has 12 heteroatoms. The summed E-state index contributed by atoms with van der Waals surface area (Å²) < 4.78 is 2.01. The van der Waals surface area contributed by atoms with Crippen molar-refractivity contribution in [3.8, 4) is 28.1 Å². The lowest BCUT2D eigenvalue weighted by Gasteiger charge is -2.57. The van der Waals surface area contributed by atoms with Gasteiger partial charge in [-0.2, -0.15) is 5.10 Å². The Morgan fingerprint density at radius 3 is 2.38 bits per heavy atom. The molecular formula is C44H56N8O4. The molecule has 4 fully saturated rings. The molecule has 0 bridgehead atoms. The van der Waals surface area contributed by atoms with Gasteiger partial charge in [0.05, 0.1) is 18.0 Å². The summed E-state index contributed by atoms with van der Waals surface area (Å²) in [5, 5.41) is 36.4. The maximum absolute atomic E-state index is 13.3. The van der Waals surface area contributed by atoms with Crippen molar-refractivity contribution in [3.63, 3.8) is 0 Å². The Morgan fingerprint density at radius 2 is 1.70 bits per heavy atom. The lowest BCUT2D eigenvalue weighted by Crippen LogP contribution is -2.58. The van der Waals surface area contributed by atoms with Gasteiger partial charge in [-0.25, -0.2) is 0 Å². The van der Waals surface area contributed by atoms with Crippen LogP contribution in [0.4, 0.5) is 5.82 Å². The van der Waals surface area contributed by atoms with Gasteiger partial charge in [0.15, 0.2) is 5.82 Å². The van der Waals surface area contributed by atoms with Crippen molar-refractivity contribution in [2.75, 3.05) is 31.9 Å². The average Bonchev–Trinajstić information content (AvgIpc) is 3.79. The summed E-state index contributed by atoms with van der Waals surface area (Å²) in [6.07, 6.45) is 10.2. The maximum atomic E-state index is 13.3. The summed E-state index contributed by atoms with van der Waals surface area (Å²) in [7, 11) is 0. The van der Waals surface area contributed by atoms with Gasteiger partial charge in [-0.3, -0.25) is 19.2 Å². The van der Waals surface area contributed by atoms with Crippen LogP contribution >= 0.6 is 0 Å². The number of β-amino-alcohol motifs (C(OH)–C–C–N with tert-alkyl or cyclic N) is 1. The molecule has 56 heavy (non-hydrogen) atoms. The average molecular weight is 761 g/mol. The van der Waals surface area contributed by atoms with E-state index in [0.717, 1.165) is 75.8 Å². The van der Waals surface area contributed by atoms with Crippen LogP contribution in [0.2, 0.25) is 0 Å². The highest BCUT2D eigenvalue weighted by Gasteiger charge is 2.55. The third-order valence-corrected chi connectivity index (χ3v) is 12.9. The van der Waals surface area contributed by atoms with E-state index >= 15 is 0 Å². The van der Waals surface area contributed by atoms with Crippen molar-refractivity contribution >= 4 is 17.6 Å². The highest BCUT2D eigenvalue weighted by Crippen LogP contribution is 2.64. The first-order valence-corrected chi connectivity index (χ1v) is 20.4. The van der Waals surface area contributed by atoms with Crippen molar-refractivity contribution in [2.45, 2.75) is 96.9 Å². The topological polar surface area (TPSA) is 163 Å². The van der Waals surface area contributed by atoms with Crippen LogP contribution in [0.1, 0.15) is 82.8 Å². The number of anilines is 1. The van der Waals surface area contributed by atoms with E-state index in [1.807, 2.05) is 56.0 Å². The van der Waals surface area contributed by atoms with Crippen molar-refractivity contribution in [1.82, 2.24) is 35.1 Å². The Morgan fingerprint density at radius 1 is 0.964 bits per heavy atom. The number of carbonyl (C=O) groups is 2. The molecule has 8 rings (SSSR count). The molecule has 2 aliphatic heterocycles. The number of aromatic hydroxyl groups is 1. The number of aromatic nitrogens is 4. The summed E-state index contributed by atoms with van der Waals surface area (Å²) in [4.78, 5) is 30.8. The molecule has 2 aromatic carbocycles. The van der Waals surface area contributed by atoms with Crippen molar-refractivity contribution < 1.29 is 19.8 Å². The van der Waals surface area contributed by atoms with Gasteiger partial charge >= 0.3 is 0 Å². The molecule has 4 aromatic rings. The van der Waals surface area contributed by atoms with Gasteiger partial charge in [0.25, 0.3) is 0 Å². The molecule has 2 amide bonds. The predicted octanol–water partition coefficient (Wildman–Crippen LogP) is 5.61. The molecule has 0 radical (unpaired) electrons. The highest BCUT2D eigenvalue weighted by molar-refractivity contribution is 5.90. The zero-order valence-corrected chi connectivity index (χ0v) is 32.9. The molecule has 296 valence electrons. The van der Waals surface area contributed by atoms with Crippen LogP contribution in [-0.2, 0) is 22.7 Å². The fourth-order valence-electron chi connectivity index (χ4n) is 9.56. The van der Waals surface area contributed by atoms with Crippen molar-refractivity contribution in [1.29, 1.82) is 0 Å². The number of nitrogens with zero attached hydrogens (tertiary/aromatic N) is 6. The fourth-order valence-corrected chi connectivity index (χ4v) is 9.56. The minimum absolute atomic E-state index is 0.00125. The Labute approximate surface area is 329 Å². The molecule has 2 saturated heterocycles. The Kier molecular flexibility index (Phi) is 10.4. The van der Waals surface area contributed by atoms with E-state index in [1.165, 1.54) is 11.1 Å². The minimum Gasteiger partial charge on any atom is -0.507 e. The number of benzene rings is 2. The van der Waals surface area contributed by atoms with Crippen LogP contribution in [0.5, 0.6) is 5.75 Å². The lowest BCUT2D eigenvalue weighted by molar-refractivity contribution is -0.145. The summed E-state index contributed by atoms with van der Waals surface area (Å²) in [5.41, 5.74) is 11.6. The summed E-state index contributed by atoms with van der Waals surface area (Å²) >= 11 is 0. The smallest absolute Gasteiger partial charge is 0.245 e. The molecule has 2 aromatic heterocycles. The minimum atomic E-state index is -0.586. The number of carbonyl (C=O) groups excluding carboxylic acids is 2. The van der Waals surface area contributed by atoms with Crippen LogP contribution in [0, 0.1) is 22.7 Å². The summed E-state index contributed by atoms with van der Waals surface area (Å²) in [5.74, 6) is 1.45. The van der Waals surface area contributed by atoms with Crippen LogP contribution in [-0.4, -0.2) is 90.1 Å². The molecule has 4 aliphatic rings. The number of likely N-dealkylation sites (tertiary alicyclic amines) is 2. The fraction of sp³-hybridized carbons (Fsp3) is 0.523. The second-order valence-electron chi connectivity index (χ2n) is 18.2. The second-order valence-corrected chi connectivity index (χ2v) is 18.2. The molecular weight excluding hydrogens is 705 g/mol. The van der Waals surface area contributed by atoms with Gasteiger partial charge < -0.3 is 26.2 Å². The van der Waals surface area contributed by atoms with Crippen LogP contribution in [0.15, 0.2) is 67.0 Å². The molecule has 2 saturated carbocycles. The third kappa shape index (κ3) is 8.04. The number of nitrogens with one attached hydrogen (secondary N) is 1. The number of hydrogen-bond donors (Lipinski definition) is 4. The van der Waals surface area contributed by atoms with E-state index in [-0.39, 0.29) is 28.9 Å². The number of rotatable bonds is 10. The van der Waals surface area contributed by atoms with Gasteiger partial charge in [-0.1, -0.05) is 57.2 Å². The van der Waals surface area contributed by atoms with Crippen LogP contribution < -0.4 is 11.1 Å². The SMILES string of the molecule is CC(C)(C)[C@H](NC(=O)C1CC2(C1)CC(c1ccc(CN3CCC(Cn4cc(-c5cc(-c6ccccc6O)nnc5N)cn4)CC3)cc1)C2)C(=O)N1CC[C@@H](O)C1. The van der Waals surface area contributed by atoms with Gasteiger partial charge in [0.2, 0.25) is 11.8 Å². The van der Waals surface area contributed by atoms with E-state index in [1.54, 1.807) is 17.0 Å². The summed E-state index contributed by atoms with van der Waals surface area (Å²) in [6.45, 7) is 10.8. The molecule has 0 unspecified atom stereocenters. The van der Waals surface area contributed by atoms with E-state index in [9.17, 15) is 19.8 Å². The quantitative estimate of drug-likeness (QED) is 0.161. The number of aliphatic hydroxyl groups excluding tert-OH is 1. The predicted molar refractivity (Wildman–Crippen MR) is 215 cm³/mol. The molecule has 1 spiro atoms. The first-order chi connectivity index (χ1) is 26.8. The van der Waals surface area contributed by atoms with Crippen molar-refractivity contribution in [3.05, 3.63) is 78.1 Å². The molecule has 4 heterocycles. The van der Waals surface area contributed by atoms with E-state index in [2.05, 4.69) is 49.8 Å². The lowest BCUT2D eigenvalue weighted by atomic mass is 9.47. The highest BCUT2D eigenvalue weighted by atomic mass is 16.3. The number of amides is 2. The number of hydrogen-bond acceptors (Lipinski definition) is 9. The van der Waals surface area contributed by atoms with Gasteiger partial charge in [0, 0.05) is 55.0 Å². The number of para-hydroxylation sites is 1. The Hall–Kier alpha value is -4.81. The third-order valence-electron chi connectivity index (χ3n) is 12.9. The molecule has 12 nitrogen and oxygen atoms in total. The van der Waals surface area contributed by atoms with Crippen LogP contribution in [0.25, 0.3) is 22.4 Å². The zero-order valence-electron chi connectivity index (χ0n) is 32.9. The van der Waals surface area contributed by atoms with E-state index < -0.39 is 17.6 Å². The van der Waals surface area contributed by atoms with Gasteiger partial charge in [0.1, 0.15) is 11.8 Å². The second kappa shape index (κ2) is 15.3. The van der Waals surface area contributed by atoms with E-state index in [0.29, 0.717) is 48.4 Å². The molecule has 2 aliphatic carbocycles. The molecule has 2 atom stereocenters. The number of nitrogens with two attached hydrogens (primary N) is 1. The maximum Gasteiger partial charge on any atom is 0.245 e. The van der Waals surface area contributed by atoms with E-state index in [4.69, 9.17) is 5.73 Å². The normalized spacial score (nSPS) is 24.8. The number of phenols is 1. The monoisotopic (exact) mass is 760 g/mol. The number of nitrogen functional groups attached to an aromatic ring is 1. The first-order valence-electron chi connectivity index (χ1n) is 20.4. The number of piperidine rings is 1. The molecule has 5 N–H and O–H groups in total. The van der Waals surface area contributed by atoms with Gasteiger partial charge in [-0.15, -0.1) is 10.2 Å². The van der Waals surface area contributed by atoms with Crippen LogP contribution in [0.3, 0.4) is 0 Å². The van der Waals surface area contributed by atoms with Crippen molar-refractivity contribution in [2.24, 2.45) is 22.7 Å². The Balaban J connectivity index is 0.770. The number of aliphatic hydroxyl groups is 1. The van der Waals surface area contributed by atoms with Gasteiger partial charge in [-0.05, 0) is 110 Å². The summed E-state index contributed by atoms with van der Waals surface area (Å²) in [6, 6.07) is 17.5. The Bertz CT molecular complexity index is 2040.